The van der Waals surface area contributed by atoms with Gasteiger partial charge in [0.05, 0.1) is 47.1 Å². The number of thiazole rings is 1. The summed E-state index contributed by atoms with van der Waals surface area (Å²) >= 11 is 5.92. The molecule has 45 heavy (non-hydrogen) atoms. The molecule has 12 nitrogen and oxygen atoms in total. The van der Waals surface area contributed by atoms with E-state index in [1.165, 1.54) is 35.6 Å². The molecule has 1 aliphatic heterocycles. The van der Waals surface area contributed by atoms with E-state index < -0.39 is 22.5 Å². The number of carbonyl (C=O) groups is 1. The van der Waals surface area contributed by atoms with E-state index in [4.69, 9.17) is 14.2 Å². The van der Waals surface area contributed by atoms with Crippen LogP contribution in [0, 0.1) is 10.1 Å². The Morgan fingerprint density at radius 1 is 1.18 bits per heavy atom. The summed E-state index contributed by atoms with van der Waals surface area (Å²) in [5.74, 6) is 0.287. The first-order valence-electron chi connectivity index (χ1n) is 13.6. The van der Waals surface area contributed by atoms with Crippen LogP contribution in [-0.2, 0) is 9.53 Å². The predicted molar refractivity (Wildman–Crippen MR) is 172 cm³/mol. The molecule has 0 amide bonds. The Hall–Kier alpha value is -4.34. The highest BCUT2D eigenvalue weighted by Gasteiger charge is 2.35. The SMILES string of the molecule is CCOC(=O)C1=C(C)N=c2s/c(=C/c3cc([N+](=O)[O-])ccc3Sc3ncccn3)c(=O)n2[C@H]1c1cc(OCC)c(OC)cc1Br. The van der Waals surface area contributed by atoms with E-state index in [2.05, 4.69) is 30.9 Å². The minimum Gasteiger partial charge on any atom is -0.493 e. The van der Waals surface area contributed by atoms with Gasteiger partial charge in [0.25, 0.3) is 11.2 Å². The highest BCUT2D eigenvalue weighted by Crippen LogP contribution is 2.41. The molecule has 2 aromatic heterocycles. The number of carbonyl (C=O) groups excluding carboxylic acids is 1. The van der Waals surface area contributed by atoms with Gasteiger partial charge in [-0.25, -0.2) is 19.8 Å². The number of hydrogen-bond acceptors (Lipinski definition) is 12. The van der Waals surface area contributed by atoms with Crippen LogP contribution >= 0.6 is 39.0 Å². The summed E-state index contributed by atoms with van der Waals surface area (Å²) in [5, 5.41) is 12.1. The number of nitro groups is 1. The summed E-state index contributed by atoms with van der Waals surface area (Å²) in [4.78, 5) is 52.8. The summed E-state index contributed by atoms with van der Waals surface area (Å²) in [6.07, 6.45) is 4.77. The molecule has 2 aromatic carbocycles. The summed E-state index contributed by atoms with van der Waals surface area (Å²) < 4.78 is 19.0. The Balaban J connectivity index is 1.75. The second-order valence-corrected chi connectivity index (χ2v) is 12.2. The minimum atomic E-state index is -0.932. The van der Waals surface area contributed by atoms with Crippen LogP contribution in [0.3, 0.4) is 0 Å². The van der Waals surface area contributed by atoms with E-state index in [1.807, 2.05) is 6.92 Å². The summed E-state index contributed by atoms with van der Waals surface area (Å²) in [5.41, 5.74) is 0.969. The Morgan fingerprint density at radius 3 is 2.60 bits per heavy atom. The average molecular weight is 713 g/mol. The Morgan fingerprint density at radius 2 is 1.93 bits per heavy atom. The van der Waals surface area contributed by atoms with Gasteiger partial charge in [-0.3, -0.25) is 19.5 Å². The molecule has 0 saturated carbocycles. The van der Waals surface area contributed by atoms with Crippen LogP contribution in [0.5, 0.6) is 11.5 Å². The number of allylic oxidation sites excluding steroid dienone is 1. The third-order valence-electron chi connectivity index (χ3n) is 6.63. The quantitative estimate of drug-likeness (QED) is 0.0971. The van der Waals surface area contributed by atoms with Crippen LogP contribution in [0.25, 0.3) is 6.08 Å². The number of aromatic nitrogens is 3. The van der Waals surface area contributed by atoms with Crippen molar-refractivity contribution in [2.75, 3.05) is 20.3 Å². The van der Waals surface area contributed by atoms with Gasteiger partial charge in [-0.05, 0) is 74.0 Å². The number of hydrogen-bond donors (Lipinski definition) is 0. The van der Waals surface area contributed by atoms with Crippen LogP contribution < -0.4 is 24.4 Å². The fourth-order valence-corrected chi connectivity index (χ4v) is 7.08. The van der Waals surface area contributed by atoms with Crippen LogP contribution in [0.4, 0.5) is 5.69 Å². The zero-order valence-corrected chi connectivity index (χ0v) is 27.7. The fourth-order valence-electron chi connectivity index (χ4n) is 4.71. The number of nitrogens with zero attached hydrogens (tertiary/aromatic N) is 5. The van der Waals surface area contributed by atoms with E-state index in [-0.39, 0.29) is 22.4 Å². The monoisotopic (exact) mass is 711 g/mol. The summed E-state index contributed by atoms with van der Waals surface area (Å²) in [6, 6.07) is 8.56. The van der Waals surface area contributed by atoms with Crippen molar-refractivity contribution in [1.29, 1.82) is 0 Å². The number of rotatable bonds is 10. The third kappa shape index (κ3) is 6.55. The number of nitro benzene ring substituents is 1. The maximum Gasteiger partial charge on any atom is 0.338 e. The van der Waals surface area contributed by atoms with Gasteiger partial charge in [0, 0.05) is 33.9 Å². The lowest BCUT2D eigenvalue weighted by atomic mass is 9.95. The maximum atomic E-state index is 14.2. The molecule has 4 aromatic rings. The number of halogens is 1. The van der Waals surface area contributed by atoms with Crippen LogP contribution in [0.1, 0.15) is 37.9 Å². The first-order chi connectivity index (χ1) is 21.7. The molecule has 0 N–H and O–H groups in total. The molecule has 0 unspecified atom stereocenters. The van der Waals surface area contributed by atoms with E-state index >= 15 is 0 Å². The lowest BCUT2D eigenvalue weighted by Crippen LogP contribution is -2.40. The van der Waals surface area contributed by atoms with Crippen molar-refractivity contribution in [3.05, 3.63) is 105 Å². The molecular weight excluding hydrogens is 686 g/mol. The molecule has 1 atom stereocenters. The second-order valence-electron chi connectivity index (χ2n) is 9.37. The van der Waals surface area contributed by atoms with Gasteiger partial charge in [-0.1, -0.05) is 27.3 Å². The van der Waals surface area contributed by atoms with Crippen molar-refractivity contribution in [2.24, 2.45) is 4.99 Å². The van der Waals surface area contributed by atoms with Crippen LogP contribution in [0.15, 0.2) is 84.4 Å². The van der Waals surface area contributed by atoms with E-state index in [9.17, 15) is 19.7 Å². The number of fused-ring (bicyclic) bond motifs is 1. The molecule has 3 heterocycles. The van der Waals surface area contributed by atoms with Gasteiger partial charge in [0.1, 0.15) is 0 Å². The molecule has 0 aliphatic carbocycles. The van der Waals surface area contributed by atoms with Crippen molar-refractivity contribution in [1.82, 2.24) is 14.5 Å². The van der Waals surface area contributed by atoms with Crippen molar-refractivity contribution in [3.8, 4) is 11.5 Å². The van der Waals surface area contributed by atoms with Gasteiger partial charge in [0.2, 0.25) is 0 Å². The first-order valence-corrected chi connectivity index (χ1v) is 16.0. The Labute approximate surface area is 273 Å². The zero-order chi connectivity index (χ0) is 32.2. The lowest BCUT2D eigenvalue weighted by Gasteiger charge is -2.26. The van der Waals surface area contributed by atoms with E-state index in [0.29, 0.717) is 54.3 Å². The smallest absolute Gasteiger partial charge is 0.338 e. The van der Waals surface area contributed by atoms with Gasteiger partial charge in [-0.15, -0.1) is 0 Å². The molecule has 0 saturated heterocycles. The molecule has 0 fully saturated rings. The normalized spacial score (nSPS) is 14.5. The minimum absolute atomic E-state index is 0.124. The molecule has 0 radical (unpaired) electrons. The van der Waals surface area contributed by atoms with Crippen molar-refractivity contribution < 1.29 is 23.9 Å². The number of esters is 1. The topological polar surface area (TPSA) is 148 Å². The molecule has 1 aliphatic rings. The highest BCUT2D eigenvalue weighted by molar-refractivity contribution is 9.10. The maximum absolute atomic E-state index is 14.2. The highest BCUT2D eigenvalue weighted by atomic mass is 79.9. The Kier molecular flexibility index (Phi) is 9.80. The Bertz CT molecular complexity index is 2010. The summed E-state index contributed by atoms with van der Waals surface area (Å²) in [6.45, 7) is 5.70. The molecule has 0 spiro atoms. The molecule has 5 rings (SSSR count). The molecule has 0 bridgehead atoms. The van der Waals surface area contributed by atoms with Gasteiger partial charge in [-0.2, -0.15) is 0 Å². The fraction of sp³-hybridized carbons (Fsp3) is 0.233. The first kappa shape index (κ1) is 32.1. The van der Waals surface area contributed by atoms with Crippen molar-refractivity contribution in [2.45, 2.75) is 36.9 Å². The second kappa shape index (κ2) is 13.7. The van der Waals surface area contributed by atoms with E-state index in [1.54, 1.807) is 56.6 Å². The lowest BCUT2D eigenvalue weighted by molar-refractivity contribution is -0.384. The molecular formula is C30H26BrN5O7S2. The number of benzene rings is 2. The summed E-state index contributed by atoms with van der Waals surface area (Å²) in [7, 11) is 1.52. The zero-order valence-electron chi connectivity index (χ0n) is 24.5. The largest absolute Gasteiger partial charge is 0.493 e. The van der Waals surface area contributed by atoms with Crippen LogP contribution in [-0.4, -0.2) is 45.8 Å². The average Bonchev–Trinajstić information content (AvgIpc) is 3.32. The number of ether oxygens (including phenoxy) is 3. The van der Waals surface area contributed by atoms with Gasteiger partial charge < -0.3 is 14.2 Å². The number of methoxy groups -OCH3 is 1. The van der Waals surface area contributed by atoms with Crippen molar-refractivity contribution in [3.63, 3.8) is 0 Å². The van der Waals surface area contributed by atoms with E-state index in [0.717, 1.165) is 11.3 Å². The third-order valence-corrected chi connectivity index (χ3v) is 9.28. The molecule has 15 heteroatoms. The van der Waals surface area contributed by atoms with Crippen molar-refractivity contribution >= 4 is 56.8 Å². The van der Waals surface area contributed by atoms with Gasteiger partial charge in [0.15, 0.2) is 21.5 Å². The standard InChI is InChI=1S/C30H26BrN5O7S2/c1-5-42-22-14-19(20(31)15-21(22)41-4)26-25(28(38)43-6-2)16(3)34-30-35(26)27(37)24(45-30)13-17-12-18(36(39)40)8-9-23(17)44-29-32-10-7-11-33-29/h7-15,26H,5-6H2,1-4H3/b24-13+/t26-/m0/s1. The van der Waals surface area contributed by atoms with Gasteiger partial charge >= 0.3 is 5.97 Å². The number of non-ortho nitro benzene ring substituents is 1. The molecule has 232 valence electrons. The van der Waals surface area contributed by atoms with Crippen LogP contribution in [0.2, 0.25) is 0 Å². The predicted octanol–water partition coefficient (Wildman–Crippen LogP) is 4.82.